The van der Waals surface area contributed by atoms with Crippen molar-refractivity contribution in [2.24, 2.45) is 0 Å². The third-order valence-electron chi connectivity index (χ3n) is 6.80. The molecule has 0 aromatic heterocycles. The van der Waals surface area contributed by atoms with Crippen molar-refractivity contribution in [1.29, 1.82) is 0 Å². The van der Waals surface area contributed by atoms with Crippen LogP contribution < -0.4 is 10.1 Å². The molecule has 13 nitrogen and oxygen atoms in total. The van der Waals surface area contributed by atoms with Crippen molar-refractivity contribution in [3.05, 3.63) is 99.9 Å². The van der Waals surface area contributed by atoms with Crippen molar-refractivity contribution in [1.82, 2.24) is 14.5 Å². The molecule has 0 spiro atoms. The summed E-state index contributed by atoms with van der Waals surface area (Å²) in [4.78, 5) is 50.3. The fraction of sp³-hybridized carbons (Fsp3) is 0.250. The van der Waals surface area contributed by atoms with Crippen molar-refractivity contribution < 1.29 is 42.0 Å². The van der Waals surface area contributed by atoms with E-state index in [1.54, 1.807) is 24.3 Å². The number of non-ortho nitro benzene ring substituents is 1. The maximum atomic E-state index is 13.8. The molecule has 2 atom stereocenters. The number of nitrogens with zero attached hydrogens (tertiary/aromatic N) is 3. The first-order valence-corrected chi connectivity index (χ1v) is 14.3. The largest absolute Gasteiger partial charge is 0.497 e. The number of nitro groups is 1. The van der Waals surface area contributed by atoms with Gasteiger partial charge in [0.25, 0.3) is 11.6 Å². The first-order valence-electron chi connectivity index (χ1n) is 12.9. The number of aliphatic carboxylic acids is 1. The molecule has 15 heteroatoms. The lowest BCUT2D eigenvalue weighted by Crippen LogP contribution is -2.54. The van der Waals surface area contributed by atoms with Crippen molar-refractivity contribution in [2.75, 3.05) is 20.2 Å². The molecule has 0 radical (unpaired) electrons. The molecule has 1 heterocycles. The summed E-state index contributed by atoms with van der Waals surface area (Å²) in [5, 5.41) is 23.3. The quantitative estimate of drug-likeness (QED) is 0.243. The topological polar surface area (TPSA) is 176 Å². The fourth-order valence-corrected chi connectivity index (χ4v) is 6.23. The number of methoxy groups -OCH3 is 1. The minimum absolute atomic E-state index is 0.0898. The van der Waals surface area contributed by atoms with Crippen molar-refractivity contribution >= 4 is 33.5 Å². The Balaban J connectivity index is 1.69. The number of ether oxygens (including phenoxy) is 1. The van der Waals surface area contributed by atoms with E-state index in [4.69, 9.17) is 4.74 Å². The van der Waals surface area contributed by atoms with Gasteiger partial charge in [0.1, 0.15) is 11.6 Å². The molecule has 3 aromatic rings. The van der Waals surface area contributed by atoms with Gasteiger partial charge in [0.2, 0.25) is 15.9 Å². The number of nitro benzene ring substituents is 1. The van der Waals surface area contributed by atoms with Crippen LogP contribution in [0.2, 0.25) is 0 Å². The summed E-state index contributed by atoms with van der Waals surface area (Å²) in [5.74, 6) is -3.08. The molecule has 1 saturated heterocycles. The number of benzene rings is 3. The van der Waals surface area contributed by atoms with E-state index in [0.29, 0.717) is 11.3 Å². The molecule has 0 aliphatic carbocycles. The monoisotopic (exact) mass is 614 g/mol. The van der Waals surface area contributed by atoms with Crippen LogP contribution in [-0.4, -0.2) is 71.8 Å². The Bertz CT molecular complexity index is 1630. The van der Waals surface area contributed by atoms with Gasteiger partial charge in [-0.1, -0.05) is 24.3 Å². The average Bonchev–Trinajstić information content (AvgIpc) is 3.44. The van der Waals surface area contributed by atoms with Gasteiger partial charge in [-0.3, -0.25) is 24.5 Å². The minimum Gasteiger partial charge on any atom is -0.497 e. The van der Waals surface area contributed by atoms with Gasteiger partial charge in [0.05, 0.1) is 35.8 Å². The summed E-state index contributed by atoms with van der Waals surface area (Å²) >= 11 is 0. The van der Waals surface area contributed by atoms with Crippen LogP contribution in [0.5, 0.6) is 5.75 Å². The van der Waals surface area contributed by atoms with Gasteiger partial charge in [0, 0.05) is 25.2 Å². The Morgan fingerprint density at radius 1 is 1.09 bits per heavy atom. The number of carboxylic acid groups (broad SMARTS) is 1. The number of hydrogen-bond donors (Lipinski definition) is 2. The lowest BCUT2D eigenvalue weighted by molar-refractivity contribution is -0.384. The lowest BCUT2D eigenvalue weighted by atomic mass is 10.0. The number of sulfonamides is 1. The second-order valence-corrected chi connectivity index (χ2v) is 11.5. The highest BCUT2D eigenvalue weighted by Crippen LogP contribution is 2.28. The van der Waals surface area contributed by atoms with Crippen LogP contribution in [0, 0.1) is 15.9 Å². The molecule has 43 heavy (non-hydrogen) atoms. The molecule has 0 saturated carbocycles. The molecule has 1 aliphatic heterocycles. The molecule has 0 bridgehead atoms. The van der Waals surface area contributed by atoms with Crippen molar-refractivity contribution in [2.45, 2.75) is 29.9 Å². The van der Waals surface area contributed by atoms with E-state index in [9.17, 15) is 42.4 Å². The van der Waals surface area contributed by atoms with Gasteiger partial charge in [-0.15, -0.1) is 0 Å². The second kappa shape index (κ2) is 13.0. The predicted octanol–water partition coefficient (Wildman–Crippen LogP) is 2.48. The zero-order valence-corrected chi connectivity index (χ0v) is 23.6. The molecule has 2 N–H and O–H groups in total. The molecule has 2 unspecified atom stereocenters. The van der Waals surface area contributed by atoms with E-state index < -0.39 is 57.2 Å². The van der Waals surface area contributed by atoms with Gasteiger partial charge in [-0.05, 0) is 47.5 Å². The maximum absolute atomic E-state index is 13.8. The molecule has 226 valence electrons. The molecule has 2 amide bonds. The normalized spacial score (nSPS) is 16.0. The smallest absolute Gasteiger partial charge is 0.305 e. The zero-order valence-electron chi connectivity index (χ0n) is 22.8. The number of nitrogens with one attached hydrogen (secondary N) is 1. The highest BCUT2D eigenvalue weighted by Gasteiger charge is 2.47. The number of rotatable bonds is 11. The first kappa shape index (κ1) is 31.1. The summed E-state index contributed by atoms with van der Waals surface area (Å²) in [5.41, 5.74) is 0.303. The van der Waals surface area contributed by atoms with E-state index in [1.807, 2.05) is 0 Å². The summed E-state index contributed by atoms with van der Waals surface area (Å²) in [6.45, 7) is -0.458. The predicted molar refractivity (Wildman–Crippen MR) is 149 cm³/mol. The number of halogens is 1. The molecular weight excluding hydrogens is 587 g/mol. The van der Waals surface area contributed by atoms with E-state index >= 15 is 0 Å². The Morgan fingerprint density at radius 3 is 2.37 bits per heavy atom. The van der Waals surface area contributed by atoms with Gasteiger partial charge in [0.15, 0.2) is 6.17 Å². The number of carbonyl (C=O) groups excluding carboxylic acids is 2. The number of amides is 2. The Hall–Kier alpha value is -4.89. The number of carbonyl (C=O) groups is 3. The number of hydrogen-bond acceptors (Lipinski definition) is 8. The molecule has 1 aliphatic rings. The zero-order chi connectivity index (χ0) is 31.3. The lowest BCUT2D eigenvalue weighted by Gasteiger charge is -2.30. The third-order valence-corrected chi connectivity index (χ3v) is 8.67. The molecular formula is C28H27FN4O9S. The van der Waals surface area contributed by atoms with Gasteiger partial charge < -0.3 is 20.1 Å². The fourth-order valence-electron chi connectivity index (χ4n) is 4.68. The summed E-state index contributed by atoms with van der Waals surface area (Å²) < 4.78 is 46.7. The highest BCUT2D eigenvalue weighted by molar-refractivity contribution is 7.89. The summed E-state index contributed by atoms with van der Waals surface area (Å²) in [6.07, 6.45) is -2.62. The van der Waals surface area contributed by atoms with Crippen molar-refractivity contribution in [3.8, 4) is 5.75 Å². The SMILES string of the molecule is COc1ccc(CC(=O)N2CCN(S(=O)(=O)c3ccc(F)cc3)C2C(=O)NC(CC(=O)O)c2cccc([N+](=O)[O-])c2)cc1. The summed E-state index contributed by atoms with van der Waals surface area (Å²) in [7, 11) is -2.97. The van der Waals surface area contributed by atoms with E-state index in [-0.39, 0.29) is 35.7 Å². The van der Waals surface area contributed by atoms with E-state index in [0.717, 1.165) is 39.5 Å². The van der Waals surface area contributed by atoms with Crippen LogP contribution >= 0.6 is 0 Å². The third kappa shape index (κ3) is 7.13. The van der Waals surface area contributed by atoms with E-state index in [1.165, 1.54) is 25.3 Å². The maximum Gasteiger partial charge on any atom is 0.305 e. The Kier molecular flexibility index (Phi) is 9.36. The average molecular weight is 615 g/mol. The molecule has 1 fully saturated rings. The Labute approximate surface area is 245 Å². The van der Waals surface area contributed by atoms with Gasteiger partial charge >= 0.3 is 5.97 Å². The molecule has 3 aromatic carbocycles. The standard InChI is InChI=1S/C28H27FN4O9S/c1-42-22-9-5-18(6-10-22)15-25(34)31-13-14-32(43(40,41)23-11-7-20(29)8-12-23)28(31)27(37)30-24(17-26(35)36)19-3-2-4-21(16-19)33(38)39/h2-12,16,24,28H,13-15,17H2,1H3,(H,30,37)(H,35,36). The van der Waals surface area contributed by atoms with Gasteiger partial charge in [-0.2, -0.15) is 4.31 Å². The van der Waals surface area contributed by atoms with Crippen LogP contribution in [0.4, 0.5) is 10.1 Å². The number of carboxylic acids is 1. The second-order valence-electron chi connectivity index (χ2n) is 9.57. The minimum atomic E-state index is -4.45. The van der Waals surface area contributed by atoms with Crippen LogP contribution in [0.1, 0.15) is 23.6 Å². The van der Waals surface area contributed by atoms with Gasteiger partial charge in [-0.25, -0.2) is 12.8 Å². The van der Waals surface area contributed by atoms with Crippen LogP contribution in [-0.2, 0) is 30.8 Å². The highest BCUT2D eigenvalue weighted by atomic mass is 32.2. The van der Waals surface area contributed by atoms with Crippen LogP contribution in [0.25, 0.3) is 0 Å². The molecule has 4 rings (SSSR count). The van der Waals surface area contributed by atoms with E-state index in [2.05, 4.69) is 5.32 Å². The van der Waals surface area contributed by atoms with Crippen molar-refractivity contribution in [3.63, 3.8) is 0 Å². The Morgan fingerprint density at radius 2 is 1.77 bits per heavy atom. The van der Waals surface area contributed by atoms with Crippen LogP contribution in [0.3, 0.4) is 0 Å². The summed E-state index contributed by atoms with van der Waals surface area (Å²) in [6, 6.07) is 14.2. The van der Waals surface area contributed by atoms with Crippen LogP contribution in [0.15, 0.2) is 77.7 Å². The first-order chi connectivity index (χ1) is 20.4.